The van der Waals surface area contributed by atoms with Crippen molar-refractivity contribution in [2.24, 2.45) is 0 Å². The van der Waals surface area contributed by atoms with E-state index in [1.807, 2.05) is 0 Å². The molecule has 1 saturated heterocycles. The van der Waals surface area contributed by atoms with Crippen LogP contribution in [-0.4, -0.2) is 46.8 Å². The Hall–Kier alpha value is -1.63. The molecular weight excluding hydrogens is 230 g/mol. The van der Waals surface area contributed by atoms with Crippen LogP contribution < -0.4 is 5.32 Å². The van der Waals surface area contributed by atoms with Crippen LogP contribution >= 0.6 is 0 Å². The minimum Gasteiger partial charge on any atom is -0.481 e. The summed E-state index contributed by atoms with van der Waals surface area (Å²) in [6.45, 7) is 0.607. The summed E-state index contributed by atoms with van der Waals surface area (Å²) in [5.41, 5.74) is 0. The zero-order chi connectivity index (χ0) is 12.8. The number of aliphatic carboxylic acids is 2. The number of rotatable bonds is 6. The minimum atomic E-state index is -1.39. The normalized spacial score (nSPS) is 20.8. The van der Waals surface area contributed by atoms with E-state index in [9.17, 15) is 14.4 Å². The standard InChI is InChI=1S/C10H15NO6/c12-8(4-6-2-1-3-17-6)11-7(10(15)16)5-9(13)14/h6-7H,1-5H2,(H,11,12)(H,13,14)(H,15,16)/t6?,7-/m0/s1. The summed E-state index contributed by atoms with van der Waals surface area (Å²) in [6, 6.07) is -1.39. The van der Waals surface area contributed by atoms with Crippen molar-refractivity contribution in [2.45, 2.75) is 37.8 Å². The molecule has 0 aromatic carbocycles. The summed E-state index contributed by atoms with van der Waals surface area (Å²) in [4.78, 5) is 32.5. The highest BCUT2D eigenvalue weighted by Gasteiger charge is 2.25. The lowest BCUT2D eigenvalue weighted by molar-refractivity contribution is -0.147. The second kappa shape index (κ2) is 6.19. The molecule has 96 valence electrons. The van der Waals surface area contributed by atoms with Crippen LogP contribution in [-0.2, 0) is 19.1 Å². The second-order valence-electron chi connectivity index (χ2n) is 3.90. The molecule has 0 bridgehead atoms. The van der Waals surface area contributed by atoms with Gasteiger partial charge in [-0.2, -0.15) is 0 Å². The Morgan fingerprint density at radius 1 is 1.35 bits per heavy atom. The molecule has 0 radical (unpaired) electrons. The Morgan fingerprint density at radius 3 is 2.53 bits per heavy atom. The van der Waals surface area contributed by atoms with Crippen LogP contribution in [0.15, 0.2) is 0 Å². The van der Waals surface area contributed by atoms with E-state index < -0.39 is 30.3 Å². The molecule has 1 unspecified atom stereocenters. The van der Waals surface area contributed by atoms with Crippen molar-refractivity contribution >= 4 is 17.8 Å². The molecule has 0 spiro atoms. The van der Waals surface area contributed by atoms with E-state index in [0.717, 1.165) is 12.8 Å². The van der Waals surface area contributed by atoms with Crippen LogP contribution in [0.25, 0.3) is 0 Å². The molecule has 1 fully saturated rings. The van der Waals surface area contributed by atoms with Gasteiger partial charge in [-0.05, 0) is 12.8 Å². The second-order valence-corrected chi connectivity index (χ2v) is 3.90. The molecule has 2 atom stereocenters. The fourth-order valence-electron chi connectivity index (χ4n) is 1.64. The highest BCUT2D eigenvalue weighted by atomic mass is 16.5. The van der Waals surface area contributed by atoms with Crippen LogP contribution in [0.1, 0.15) is 25.7 Å². The molecule has 1 aliphatic rings. The first kappa shape index (κ1) is 13.4. The molecule has 7 nitrogen and oxygen atoms in total. The third-order valence-corrected chi connectivity index (χ3v) is 2.45. The van der Waals surface area contributed by atoms with Gasteiger partial charge in [0.25, 0.3) is 0 Å². The van der Waals surface area contributed by atoms with Crippen molar-refractivity contribution in [3.8, 4) is 0 Å². The number of amides is 1. The van der Waals surface area contributed by atoms with Crippen molar-refractivity contribution in [1.29, 1.82) is 0 Å². The van der Waals surface area contributed by atoms with E-state index >= 15 is 0 Å². The smallest absolute Gasteiger partial charge is 0.326 e. The zero-order valence-electron chi connectivity index (χ0n) is 9.22. The molecule has 0 saturated carbocycles. The number of ether oxygens (including phenoxy) is 1. The number of carboxylic acid groups (broad SMARTS) is 2. The first-order valence-corrected chi connectivity index (χ1v) is 5.34. The van der Waals surface area contributed by atoms with Gasteiger partial charge in [0.1, 0.15) is 6.04 Å². The van der Waals surface area contributed by atoms with Crippen LogP contribution in [0.5, 0.6) is 0 Å². The van der Waals surface area contributed by atoms with Crippen LogP contribution in [0, 0.1) is 0 Å². The number of carbonyl (C=O) groups is 3. The largest absolute Gasteiger partial charge is 0.481 e. The van der Waals surface area contributed by atoms with Crippen molar-refractivity contribution in [1.82, 2.24) is 5.32 Å². The molecule has 3 N–H and O–H groups in total. The third kappa shape index (κ3) is 4.81. The van der Waals surface area contributed by atoms with Crippen molar-refractivity contribution in [2.75, 3.05) is 6.61 Å². The van der Waals surface area contributed by atoms with E-state index in [4.69, 9.17) is 14.9 Å². The molecule has 1 amide bonds. The molecule has 1 rings (SSSR count). The van der Waals surface area contributed by atoms with E-state index in [0.29, 0.717) is 6.61 Å². The number of hydrogen-bond acceptors (Lipinski definition) is 4. The van der Waals surface area contributed by atoms with Crippen LogP contribution in [0.2, 0.25) is 0 Å². The maximum absolute atomic E-state index is 11.4. The van der Waals surface area contributed by atoms with Gasteiger partial charge in [-0.15, -0.1) is 0 Å². The van der Waals surface area contributed by atoms with Gasteiger partial charge in [0.2, 0.25) is 5.91 Å². The third-order valence-electron chi connectivity index (χ3n) is 2.45. The van der Waals surface area contributed by atoms with Gasteiger partial charge in [0.05, 0.1) is 18.9 Å². The summed E-state index contributed by atoms with van der Waals surface area (Å²) in [5, 5.41) is 19.4. The average Bonchev–Trinajstić information content (AvgIpc) is 2.68. The van der Waals surface area contributed by atoms with Gasteiger partial charge in [-0.25, -0.2) is 4.79 Å². The topological polar surface area (TPSA) is 113 Å². The molecule has 7 heteroatoms. The molecule has 0 aromatic heterocycles. The molecule has 0 aliphatic carbocycles. The fourth-order valence-corrected chi connectivity index (χ4v) is 1.64. The van der Waals surface area contributed by atoms with Gasteiger partial charge >= 0.3 is 11.9 Å². The summed E-state index contributed by atoms with van der Waals surface area (Å²) in [7, 11) is 0. The molecular formula is C10H15NO6. The lowest BCUT2D eigenvalue weighted by atomic mass is 10.1. The number of carbonyl (C=O) groups excluding carboxylic acids is 1. The van der Waals surface area contributed by atoms with E-state index in [2.05, 4.69) is 5.32 Å². The van der Waals surface area contributed by atoms with Crippen molar-refractivity contribution in [3.05, 3.63) is 0 Å². The van der Waals surface area contributed by atoms with Crippen LogP contribution in [0.4, 0.5) is 0 Å². The predicted octanol–water partition coefficient (Wildman–Crippen LogP) is -0.400. The predicted molar refractivity (Wildman–Crippen MR) is 55.4 cm³/mol. The highest BCUT2D eigenvalue weighted by Crippen LogP contribution is 2.15. The van der Waals surface area contributed by atoms with Gasteiger partial charge in [-0.1, -0.05) is 0 Å². The molecule has 1 heterocycles. The molecule has 17 heavy (non-hydrogen) atoms. The van der Waals surface area contributed by atoms with Crippen molar-refractivity contribution in [3.63, 3.8) is 0 Å². The van der Waals surface area contributed by atoms with Gasteiger partial charge < -0.3 is 20.3 Å². The summed E-state index contributed by atoms with van der Waals surface area (Å²) < 4.78 is 5.22. The lowest BCUT2D eigenvalue weighted by Gasteiger charge is -2.14. The Kier molecular flexibility index (Phi) is 4.89. The summed E-state index contributed by atoms with van der Waals surface area (Å²) in [5.74, 6) is -3.12. The first-order valence-electron chi connectivity index (χ1n) is 5.34. The Balaban J connectivity index is 2.40. The zero-order valence-corrected chi connectivity index (χ0v) is 9.22. The summed E-state index contributed by atoms with van der Waals surface area (Å²) in [6.07, 6.45) is 0.907. The van der Waals surface area contributed by atoms with Crippen LogP contribution in [0.3, 0.4) is 0 Å². The lowest BCUT2D eigenvalue weighted by Crippen LogP contribution is -2.43. The van der Waals surface area contributed by atoms with E-state index in [1.54, 1.807) is 0 Å². The van der Waals surface area contributed by atoms with Gasteiger partial charge in [-0.3, -0.25) is 9.59 Å². The minimum absolute atomic E-state index is 0.0728. The highest BCUT2D eigenvalue weighted by molar-refractivity contribution is 5.86. The monoisotopic (exact) mass is 245 g/mol. The Bertz CT molecular complexity index is 310. The SMILES string of the molecule is O=C(O)C[C@H](NC(=O)CC1CCCO1)C(=O)O. The van der Waals surface area contributed by atoms with Crippen molar-refractivity contribution < 1.29 is 29.3 Å². The molecule has 1 aliphatic heterocycles. The fraction of sp³-hybridized carbons (Fsp3) is 0.700. The Labute approximate surface area is 97.8 Å². The summed E-state index contributed by atoms with van der Waals surface area (Å²) >= 11 is 0. The molecule has 0 aromatic rings. The van der Waals surface area contributed by atoms with E-state index in [-0.39, 0.29) is 12.5 Å². The number of nitrogens with one attached hydrogen (secondary N) is 1. The Morgan fingerprint density at radius 2 is 2.06 bits per heavy atom. The van der Waals surface area contributed by atoms with Gasteiger partial charge in [0.15, 0.2) is 0 Å². The number of carboxylic acids is 2. The van der Waals surface area contributed by atoms with Gasteiger partial charge in [0, 0.05) is 6.61 Å². The maximum Gasteiger partial charge on any atom is 0.326 e. The average molecular weight is 245 g/mol. The maximum atomic E-state index is 11.4. The number of hydrogen-bond donors (Lipinski definition) is 3. The first-order chi connectivity index (χ1) is 7.99. The van der Waals surface area contributed by atoms with E-state index in [1.165, 1.54) is 0 Å². The quantitative estimate of drug-likeness (QED) is 0.586.